The van der Waals surface area contributed by atoms with Crippen molar-refractivity contribution in [1.82, 2.24) is 4.90 Å². The molecule has 0 radical (unpaired) electrons. The van der Waals surface area contributed by atoms with E-state index in [9.17, 15) is 9.59 Å². The fourth-order valence-electron chi connectivity index (χ4n) is 2.29. The lowest BCUT2D eigenvalue weighted by atomic mass is 10.1. The van der Waals surface area contributed by atoms with Gasteiger partial charge in [-0.3, -0.25) is 9.59 Å². The summed E-state index contributed by atoms with van der Waals surface area (Å²) in [7, 11) is 0. The Morgan fingerprint density at radius 2 is 1.76 bits per heavy atom. The predicted octanol–water partition coefficient (Wildman–Crippen LogP) is 4.59. The Labute approximate surface area is 156 Å². The van der Waals surface area contributed by atoms with Crippen LogP contribution in [0.3, 0.4) is 0 Å². The number of hydrogen-bond donors (Lipinski definition) is 0. The topological polar surface area (TPSA) is 37.4 Å². The first-order valence-electron chi connectivity index (χ1n) is 7.67. The fraction of sp³-hybridized carbons (Fsp3) is 0.0500. The van der Waals surface area contributed by atoms with Gasteiger partial charge < -0.3 is 0 Å². The number of aryl methyl sites for hydroxylation is 1. The molecule has 3 rings (SSSR count). The van der Waals surface area contributed by atoms with Crippen LogP contribution in [0, 0.1) is 6.92 Å². The second-order valence-corrected chi connectivity index (χ2v) is 7.16. The Bertz CT molecular complexity index is 884. The standard InChI is InChI=1S/C20H15NO2S2/c1-14-10-12-16(13-11-14)18(22)21-19(23)17(25-20(21)24)9-5-8-15-6-3-2-4-7-15/h2-13H,1H3/b8-5+,17-9+. The third-order valence-corrected chi connectivity index (χ3v) is 4.95. The van der Waals surface area contributed by atoms with Gasteiger partial charge in [0.15, 0.2) is 4.32 Å². The molecule has 0 unspecified atom stereocenters. The van der Waals surface area contributed by atoms with Crippen molar-refractivity contribution < 1.29 is 9.59 Å². The van der Waals surface area contributed by atoms with Gasteiger partial charge in [-0.2, -0.15) is 0 Å². The Kier molecular flexibility index (Phi) is 5.26. The summed E-state index contributed by atoms with van der Waals surface area (Å²) in [6, 6.07) is 16.8. The second-order valence-electron chi connectivity index (χ2n) is 5.48. The highest BCUT2D eigenvalue weighted by Crippen LogP contribution is 2.32. The average molecular weight is 365 g/mol. The molecule has 1 aliphatic heterocycles. The van der Waals surface area contributed by atoms with E-state index in [-0.39, 0.29) is 10.2 Å². The number of nitrogens with zero attached hydrogens (tertiary/aromatic N) is 1. The number of rotatable bonds is 3. The molecule has 2 amide bonds. The van der Waals surface area contributed by atoms with Gasteiger partial charge in [0, 0.05) is 5.56 Å². The van der Waals surface area contributed by atoms with Crippen LogP contribution in [0.25, 0.3) is 6.08 Å². The van der Waals surface area contributed by atoms with Crippen molar-refractivity contribution >= 4 is 46.2 Å². The summed E-state index contributed by atoms with van der Waals surface area (Å²) in [5.41, 5.74) is 2.53. The number of carbonyl (C=O) groups excluding carboxylic acids is 2. The number of imide groups is 1. The molecule has 124 valence electrons. The molecule has 0 bridgehead atoms. The number of hydrogen-bond acceptors (Lipinski definition) is 4. The molecule has 25 heavy (non-hydrogen) atoms. The van der Waals surface area contributed by atoms with Gasteiger partial charge in [-0.1, -0.05) is 84.2 Å². The van der Waals surface area contributed by atoms with Gasteiger partial charge >= 0.3 is 0 Å². The zero-order valence-electron chi connectivity index (χ0n) is 13.5. The Morgan fingerprint density at radius 3 is 2.44 bits per heavy atom. The lowest BCUT2D eigenvalue weighted by Crippen LogP contribution is -2.34. The van der Waals surface area contributed by atoms with E-state index < -0.39 is 5.91 Å². The van der Waals surface area contributed by atoms with Crippen LogP contribution in [-0.4, -0.2) is 21.0 Å². The van der Waals surface area contributed by atoms with Crippen LogP contribution in [0.5, 0.6) is 0 Å². The molecular formula is C20H15NO2S2. The lowest BCUT2D eigenvalue weighted by molar-refractivity contribution is -0.120. The zero-order chi connectivity index (χ0) is 17.8. The summed E-state index contributed by atoms with van der Waals surface area (Å²) in [4.78, 5) is 26.6. The highest BCUT2D eigenvalue weighted by molar-refractivity contribution is 8.26. The van der Waals surface area contributed by atoms with Crippen LogP contribution in [0.1, 0.15) is 21.5 Å². The summed E-state index contributed by atoms with van der Waals surface area (Å²) < 4.78 is 0.259. The molecule has 2 aromatic carbocycles. The molecule has 3 nitrogen and oxygen atoms in total. The van der Waals surface area contributed by atoms with Crippen molar-refractivity contribution in [3.63, 3.8) is 0 Å². The molecule has 1 heterocycles. The molecule has 0 aliphatic carbocycles. The molecule has 0 saturated carbocycles. The SMILES string of the molecule is Cc1ccc(C(=O)N2C(=O)/C(=C\C=C\c3ccccc3)SC2=S)cc1. The molecule has 5 heteroatoms. The minimum absolute atomic E-state index is 0.259. The van der Waals surface area contributed by atoms with E-state index in [2.05, 4.69) is 0 Å². The summed E-state index contributed by atoms with van der Waals surface area (Å²) in [5, 5.41) is 0. The molecule has 1 aliphatic rings. The first kappa shape index (κ1) is 17.3. The van der Waals surface area contributed by atoms with E-state index >= 15 is 0 Å². The molecule has 0 atom stereocenters. The van der Waals surface area contributed by atoms with Crippen molar-refractivity contribution in [1.29, 1.82) is 0 Å². The normalized spacial score (nSPS) is 16.2. The highest BCUT2D eigenvalue weighted by Gasteiger charge is 2.36. The largest absolute Gasteiger partial charge is 0.273 e. The minimum Gasteiger partial charge on any atom is -0.268 e. The number of carbonyl (C=O) groups is 2. The van der Waals surface area contributed by atoms with Gasteiger partial charge in [0.25, 0.3) is 11.8 Å². The number of allylic oxidation sites excluding steroid dienone is 2. The van der Waals surface area contributed by atoms with Crippen molar-refractivity contribution in [2.45, 2.75) is 6.92 Å². The van der Waals surface area contributed by atoms with Crippen LogP contribution in [0.15, 0.2) is 71.7 Å². The van der Waals surface area contributed by atoms with Crippen molar-refractivity contribution in [2.24, 2.45) is 0 Å². The maximum atomic E-state index is 12.6. The minimum atomic E-state index is -0.391. The van der Waals surface area contributed by atoms with Crippen molar-refractivity contribution in [2.75, 3.05) is 0 Å². The van der Waals surface area contributed by atoms with Crippen LogP contribution >= 0.6 is 24.0 Å². The highest BCUT2D eigenvalue weighted by atomic mass is 32.2. The van der Waals surface area contributed by atoms with Gasteiger partial charge in [-0.05, 0) is 30.7 Å². The van der Waals surface area contributed by atoms with Crippen LogP contribution < -0.4 is 0 Å². The zero-order valence-corrected chi connectivity index (χ0v) is 15.1. The lowest BCUT2D eigenvalue weighted by Gasteiger charge is -2.12. The van der Waals surface area contributed by atoms with Gasteiger partial charge in [-0.15, -0.1) is 0 Å². The smallest absolute Gasteiger partial charge is 0.268 e. The molecule has 0 spiro atoms. The Balaban J connectivity index is 1.78. The van der Waals surface area contributed by atoms with E-state index in [1.165, 1.54) is 0 Å². The third kappa shape index (κ3) is 3.95. The number of thioether (sulfide) groups is 1. The van der Waals surface area contributed by atoms with E-state index in [4.69, 9.17) is 12.2 Å². The van der Waals surface area contributed by atoms with Crippen molar-refractivity contribution in [3.8, 4) is 0 Å². The Hall–Kier alpha value is -2.50. The van der Waals surface area contributed by atoms with Gasteiger partial charge in [0.2, 0.25) is 0 Å². The van der Waals surface area contributed by atoms with Crippen LogP contribution in [-0.2, 0) is 4.79 Å². The third-order valence-electron chi connectivity index (χ3n) is 3.63. The van der Waals surface area contributed by atoms with E-state index in [1.807, 2.05) is 55.5 Å². The maximum Gasteiger partial charge on any atom is 0.273 e. The fourth-order valence-corrected chi connectivity index (χ4v) is 3.50. The number of amides is 2. The van der Waals surface area contributed by atoms with Gasteiger partial charge in [0.05, 0.1) is 4.91 Å². The monoisotopic (exact) mass is 365 g/mol. The average Bonchev–Trinajstić information content (AvgIpc) is 2.90. The quantitative estimate of drug-likeness (QED) is 0.453. The second kappa shape index (κ2) is 7.59. The summed E-state index contributed by atoms with van der Waals surface area (Å²) in [6.07, 6.45) is 5.38. The molecule has 0 aromatic heterocycles. The molecule has 2 aromatic rings. The van der Waals surface area contributed by atoms with Gasteiger partial charge in [0.1, 0.15) is 0 Å². The summed E-state index contributed by atoms with van der Waals surface area (Å²) in [5.74, 6) is -0.767. The number of benzene rings is 2. The van der Waals surface area contributed by atoms with Crippen molar-refractivity contribution in [3.05, 3.63) is 88.3 Å². The maximum absolute atomic E-state index is 12.6. The van der Waals surface area contributed by atoms with Gasteiger partial charge in [-0.25, -0.2) is 4.90 Å². The molecule has 1 fully saturated rings. The van der Waals surface area contributed by atoms with Crippen LogP contribution in [0.2, 0.25) is 0 Å². The molecule has 1 saturated heterocycles. The summed E-state index contributed by atoms with van der Waals surface area (Å²) in [6.45, 7) is 1.94. The first-order valence-corrected chi connectivity index (χ1v) is 8.89. The van der Waals surface area contributed by atoms with E-state index in [0.29, 0.717) is 10.5 Å². The van der Waals surface area contributed by atoms with E-state index in [1.54, 1.807) is 24.3 Å². The molecule has 0 N–H and O–H groups in total. The summed E-state index contributed by atoms with van der Waals surface area (Å²) >= 11 is 6.36. The first-order chi connectivity index (χ1) is 12.1. The molecular weight excluding hydrogens is 350 g/mol. The predicted molar refractivity (Wildman–Crippen MR) is 106 cm³/mol. The number of thiocarbonyl (C=S) groups is 1. The Morgan fingerprint density at radius 1 is 1.08 bits per heavy atom. The van der Waals surface area contributed by atoms with E-state index in [0.717, 1.165) is 27.8 Å². The van der Waals surface area contributed by atoms with Crippen LogP contribution in [0.4, 0.5) is 0 Å².